The Morgan fingerprint density at radius 1 is 0.697 bits per heavy atom. The standard InChI is InChI=1S/C27H24FN3O2/c28-22-11-13-23(14-12-22)31-25(32)19-24(27(31)33)29-15-17-30(18-16-29)26(20-7-3-1-4-8-20)21-9-5-2-6-10-21/h1-14,19,26H,15-18H2. The molecule has 2 aliphatic rings. The minimum atomic E-state index is -0.409. The van der Waals surface area contributed by atoms with Crippen molar-refractivity contribution in [2.24, 2.45) is 0 Å². The van der Waals surface area contributed by atoms with Gasteiger partial charge in [-0.15, -0.1) is 0 Å². The number of hydrogen-bond donors (Lipinski definition) is 0. The number of imide groups is 1. The van der Waals surface area contributed by atoms with Crippen molar-refractivity contribution in [1.82, 2.24) is 9.80 Å². The highest BCUT2D eigenvalue weighted by Gasteiger charge is 2.37. The van der Waals surface area contributed by atoms with Crippen LogP contribution in [0.15, 0.2) is 96.7 Å². The van der Waals surface area contributed by atoms with Gasteiger partial charge in [-0.2, -0.15) is 0 Å². The molecule has 0 atom stereocenters. The normalized spacial score (nSPS) is 17.1. The summed E-state index contributed by atoms with van der Waals surface area (Å²) in [4.78, 5) is 31.1. The summed E-state index contributed by atoms with van der Waals surface area (Å²) in [7, 11) is 0. The van der Waals surface area contributed by atoms with Crippen LogP contribution < -0.4 is 4.90 Å². The maximum Gasteiger partial charge on any atom is 0.281 e. The van der Waals surface area contributed by atoms with Crippen LogP contribution in [0.2, 0.25) is 0 Å². The molecule has 5 nitrogen and oxygen atoms in total. The van der Waals surface area contributed by atoms with E-state index in [1.807, 2.05) is 17.0 Å². The highest BCUT2D eigenvalue weighted by atomic mass is 19.1. The summed E-state index contributed by atoms with van der Waals surface area (Å²) in [6.07, 6.45) is 1.40. The van der Waals surface area contributed by atoms with Crippen molar-refractivity contribution in [2.45, 2.75) is 6.04 Å². The lowest BCUT2D eigenvalue weighted by atomic mass is 9.96. The van der Waals surface area contributed by atoms with Crippen LogP contribution in [0.3, 0.4) is 0 Å². The highest BCUT2D eigenvalue weighted by molar-refractivity contribution is 6.30. The van der Waals surface area contributed by atoms with Gasteiger partial charge in [0.1, 0.15) is 11.5 Å². The molecule has 0 saturated carbocycles. The van der Waals surface area contributed by atoms with Crippen molar-refractivity contribution in [3.8, 4) is 0 Å². The fourth-order valence-electron chi connectivity index (χ4n) is 4.62. The summed E-state index contributed by atoms with van der Waals surface area (Å²) in [5.74, 6) is -1.16. The van der Waals surface area contributed by atoms with Crippen LogP contribution in [0, 0.1) is 5.82 Å². The van der Waals surface area contributed by atoms with Gasteiger partial charge in [-0.05, 0) is 35.4 Å². The molecule has 0 N–H and O–H groups in total. The molecule has 2 amide bonds. The van der Waals surface area contributed by atoms with Crippen molar-refractivity contribution >= 4 is 17.5 Å². The highest BCUT2D eigenvalue weighted by Crippen LogP contribution is 2.31. The van der Waals surface area contributed by atoms with Crippen LogP contribution in [-0.4, -0.2) is 47.8 Å². The van der Waals surface area contributed by atoms with Crippen LogP contribution in [0.25, 0.3) is 0 Å². The molecule has 2 aliphatic heterocycles. The topological polar surface area (TPSA) is 43.9 Å². The molecule has 0 aromatic heterocycles. The van der Waals surface area contributed by atoms with E-state index >= 15 is 0 Å². The van der Waals surface area contributed by atoms with E-state index < -0.39 is 11.7 Å². The quantitative estimate of drug-likeness (QED) is 0.562. The number of amides is 2. The van der Waals surface area contributed by atoms with Crippen molar-refractivity contribution < 1.29 is 14.0 Å². The van der Waals surface area contributed by atoms with Crippen LogP contribution in [0.4, 0.5) is 10.1 Å². The van der Waals surface area contributed by atoms with E-state index in [0.29, 0.717) is 24.5 Å². The van der Waals surface area contributed by atoms with Crippen molar-refractivity contribution in [3.05, 3.63) is 114 Å². The molecule has 3 aromatic carbocycles. The van der Waals surface area contributed by atoms with Gasteiger partial charge in [0.2, 0.25) is 0 Å². The molecule has 0 radical (unpaired) electrons. The van der Waals surface area contributed by atoms with E-state index in [1.165, 1.54) is 41.5 Å². The molecule has 2 heterocycles. The average Bonchev–Trinajstić information content (AvgIpc) is 3.15. The lowest BCUT2D eigenvalue weighted by molar-refractivity contribution is -0.121. The van der Waals surface area contributed by atoms with Gasteiger partial charge in [0.15, 0.2) is 0 Å². The van der Waals surface area contributed by atoms with Crippen LogP contribution in [0.1, 0.15) is 17.2 Å². The first-order valence-corrected chi connectivity index (χ1v) is 11.1. The van der Waals surface area contributed by atoms with E-state index in [2.05, 4.69) is 53.4 Å². The first-order valence-electron chi connectivity index (χ1n) is 11.1. The third-order valence-electron chi connectivity index (χ3n) is 6.24. The fourth-order valence-corrected chi connectivity index (χ4v) is 4.62. The monoisotopic (exact) mass is 441 g/mol. The van der Waals surface area contributed by atoms with Crippen LogP contribution >= 0.6 is 0 Å². The zero-order chi connectivity index (χ0) is 22.8. The Kier molecular flexibility index (Phi) is 5.75. The number of carbonyl (C=O) groups is 2. The van der Waals surface area contributed by atoms with Crippen molar-refractivity contribution in [3.63, 3.8) is 0 Å². The Hall–Kier alpha value is -3.77. The molecule has 0 aliphatic carbocycles. The number of piperazine rings is 1. The summed E-state index contributed by atoms with van der Waals surface area (Å²) < 4.78 is 13.3. The summed E-state index contributed by atoms with van der Waals surface area (Å²) in [5, 5.41) is 0. The number of hydrogen-bond acceptors (Lipinski definition) is 4. The smallest absolute Gasteiger partial charge is 0.281 e. The molecule has 6 heteroatoms. The Morgan fingerprint density at radius 3 is 1.79 bits per heavy atom. The van der Waals surface area contributed by atoms with Gasteiger partial charge in [0.25, 0.3) is 11.8 Å². The summed E-state index contributed by atoms with van der Waals surface area (Å²) >= 11 is 0. The number of nitrogens with zero attached hydrogens (tertiary/aromatic N) is 3. The Bertz CT molecular complexity index is 1130. The van der Waals surface area contributed by atoms with Gasteiger partial charge in [-0.1, -0.05) is 60.7 Å². The largest absolute Gasteiger partial charge is 0.364 e. The third kappa shape index (κ3) is 4.17. The Balaban J connectivity index is 1.32. The lowest BCUT2D eigenvalue weighted by Crippen LogP contribution is -2.48. The molecule has 33 heavy (non-hydrogen) atoms. The van der Waals surface area contributed by atoms with Gasteiger partial charge < -0.3 is 4.90 Å². The predicted molar refractivity (Wildman–Crippen MR) is 125 cm³/mol. The Labute approximate surface area is 192 Å². The second-order valence-electron chi connectivity index (χ2n) is 8.23. The number of carbonyl (C=O) groups excluding carboxylic acids is 2. The second kappa shape index (κ2) is 9.00. The minimum Gasteiger partial charge on any atom is -0.364 e. The molecular weight excluding hydrogens is 417 g/mol. The zero-order valence-electron chi connectivity index (χ0n) is 18.1. The van der Waals surface area contributed by atoms with Crippen molar-refractivity contribution in [1.29, 1.82) is 0 Å². The summed E-state index contributed by atoms with van der Waals surface area (Å²) in [6, 6.07) is 26.4. The first kappa shape index (κ1) is 21.1. The maximum atomic E-state index is 13.3. The molecule has 5 rings (SSSR count). The first-order chi connectivity index (χ1) is 16.1. The lowest BCUT2D eigenvalue weighted by Gasteiger charge is -2.40. The summed E-state index contributed by atoms with van der Waals surface area (Å²) in [6.45, 7) is 2.78. The number of rotatable bonds is 5. The SMILES string of the molecule is O=C1C=C(N2CCN(C(c3ccccc3)c3ccccc3)CC2)C(=O)N1c1ccc(F)cc1. The van der Waals surface area contributed by atoms with Crippen LogP contribution in [-0.2, 0) is 9.59 Å². The van der Waals surface area contributed by atoms with Crippen molar-refractivity contribution in [2.75, 3.05) is 31.1 Å². The summed E-state index contributed by atoms with van der Waals surface area (Å²) in [5.41, 5.74) is 3.24. The minimum absolute atomic E-state index is 0.125. The molecule has 166 valence electrons. The van der Waals surface area contributed by atoms with Gasteiger partial charge in [0, 0.05) is 32.3 Å². The van der Waals surface area contributed by atoms with E-state index in [-0.39, 0.29) is 11.9 Å². The van der Waals surface area contributed by atoms with E-state index in [0.717, 1.165) is 18.0 Å². The van der Waals surface area contributed by atoms with Gasteiger partial charge in [-0.25, -0.2) is 9.29 Å². The second-order valence-corrected chi connectivity index (χ2v) is 8.23. The fraction of sp³-hybridized carbons (Fsp3) is 0.185. The number of halogens is 1. The van der Waals surface area contributed by atoms with Gasteiger partial charge in [-0.3, -0.25) is 14.5 Å². The molecule has 0 unspecified atom stereocenters. The Morgan fingerprint density at radius 2 is 1.24 bits per heavy atom. The molecule has 3 aromatic rings. The van der Waals surface area contributed by atoms with Gasteiger partial charge >= 0.3 is 0 Å². The van der Waals surface area contributed by atoms with Crippen LogP contribution in [0.5, 0.6) is 0 Å². The maximum absolute atomic E-state index is 13.3. The zero-order valence-corrected chi connectivity index (χ0v) is 18.1. The predicted octanol–water partition coefficient (Wildman–Crippen LogP) is 3.99. The molecule has 0 spiro atoms. The number of benzene rings is 3. The molecule has 1 saturated heterocycles. The van der Waals surface area contributed by atoms with E-state index in [4.69, 9.17) is 0 Å². The molecular formula is C27H24FN3O2. The molecule has 0 bridgehead atoms. The average molecular weight is 442 g/mol. The van der Waals surface area contributed by atoms with E-state index in [1.54, 1.807) is 0 Å². The molecule has 1 fully saturated rings. The van der Waals surface area contributed by atoms with Gasteiger partial charge in [0.05, 0.1) is 11.7 Å². The third-order valence-corrected chi connectivity index (χ3v) is 6.24. The van der Waals surface area contributed by atoms with E-state index in [9.17, 15) is 14.0 Å². The number of anilines is 1.